The molecule has 4 nitrogen and oxygen atoms in total. The summed E-state index contributed by atoms with van der Waals surface area (Å²) in [6.07, 6.45) is 3.03. The van der Waals surface area contributed by atoms with Crippen LogP contribution in [0.4, 0.5) is 0 Å². The van der Waals surface area contributed by atoms with Crippen molar-refractivity contribution in [1.29, 1.82) is 0 Å². The van der Waals surface area contributed by atoms with E-state index in [0.29, 0.717) is 11.7 Å². The molecule has 0 radical (unpaired) electrons. The molecule has 72 valence electrons. The van der Waals surface area contributed by atoms with Gasteiger partial charge in [-0.2, -0.15) is 0 Å². The van der Waals surface area contributed by atoms with E-state index in [-0.39, 0.29) is 6.61 Å². The number of nitrogens with one attached hydrogen (secondary N) is 1. The van der Waals surface area contributed by atoms with Crippen LogP contribution in [0.25, 0.3) is 0 Å². The molecule has 0 spiro atoms. The molecule has 1 aromatic heterocycles. The topological polar surface area (TPSA) is 52.1 Å². The summed E-state index contributed by atoms with van der Waals surface area (Å²) in [6, 6.07) is 0. The van der Waals surface area contributed by atoms with Crippen LogP contribution in [0.2, 0.25) is 0 Å². The molecular formula is C9H15N3O. The number of imidazole rings is 1. The minimum Gasteiger partial charge on any atom is -0.388 e. The summed E-state index contributed by atoms with van der Waals surface area (Å²) in [4.78, 5) is 9.53. The van der Waals surface area contributed by atoms with Crippen LogP contribution in [0.1, 0.15) is 23.9 Å². The Labute approximate surface area is 77.6 Å². The van der Waals surface area contributed by atoms with Crippen LogP contribution >= 0.6 is 0 Å². The van der Waals surface area contributed by atoms with Crippen molar-refractivity contribution in [3.8, 4) is 0 Å². The van der Waals surface area contributed by atoms with Crippen LogP contribution in [-0.2, 0) is 6.61 Å². The van der Waals surface area contributed by atoms with E-state index in [2.05, 4.69) is 21.9 Å². The van der Waals surface area contributed by atoms with Crippen molar-refractivity contribution in [2.24, 2.45) is 0 Å². The number of H-pyrrole nitrogens is 1. The molecule has 2 rings (SSSR count). The summed E-state index contributed by atoms with van der Waals surface area (Å²) in [5, 5.41) is 8.84. The highest BCUT2D eigenvalue weighted by atomic mass is 16.3. The molecule has 1 saturated heterocycles. The van der Waals surface area contributed by atoms with Gasteiger partial charge >= 0.3 is 0 Å². The largest absolute Gasteiger partial charge is 0.388 e. The second-order valence-corrected chi connectivity index (χ2v) is 3.69. The van der Waals surface area contributed by atoms with Crippen molar-refractivity contribution in [2.45, 2.75) is 18.9 Å². The summed E-state index contributed by atoms with van der Waals surface area (Å²) in [5.41, 5.74) is 1.16. The van der Waals surface area contributed by atoms with Crippen molar-refractivity contribution in [3.05, 3.63) is 17.7 Å². The summed E-state index contributed by atoms with van der Waals surface area (Å²) in [5.74, 6) is 1.24. The zero-order valence-corrected chi connectivity index (χ0v) is 7.82. The highest BCUT2D eigenvalue weighted by Crippen LogP contribution is 2.24. The lowest BCUT2D eigenvalue weighted by Gasteiger charge is -2.07. The Kier molecular flexibility index (Phi) is 2.33. The molecule has 2 N–H and O–H groups in total. The van der Waals surface area contributed by atoms with Crippen LogP contribution < -0.4 is 0 Å². The van der Waals surface area contributed by atoms with Crippen LogP contribution in [0.15, 0.2) is 6.20 Å². The highest BCUT2D eigenvalue weighted by Gasteiger charge is 2.22. The molecule has 1 aliphatic rings. The van der Waals surface area contributed by atoms with Crippen LogP contribution in [0.3, 0.4) is 0 Å². The molecule has 1 aromatic rings. The monoisotopic (exact) mass is 181 g/mol. The Hall–Kier alpha value is -0.870. The van der Waals surface area contributed by atoms with Gasteiger partial charge in [-0.15, -0.1) is 0 Å². The Balaban J connectivity index is 2.08. The molecular weight excluding hydrogens is 166 g/mol. The maximum Gasteiger partial charge on any atom is 0.132 e. The lowest BCUT2D eigenvalue weighted by atomic mass is 10.1. The maximum absolute atomic E-state index is 8.84. The van der Waals surface area contributed by atoms with Crippen LogP contribution in [-0.4, -0.2) is 40.1 Å². The Morgan fingerprint density at radius 1 is 1.77 bits per heavy atom. The molecule has 0 aliphatic carbocycles. The van der Waals surface area contributed by atoms with E-state index in [4.69, 9.17) is 5.11 Å². The Morgan fingerprint density at radius 3 is 3.15 bits per heavy atom. The number of hydrogen-bond acceptors (Lipinski definition) is 3. The first-order valence-corrected chi connectivity index (χ1v) is 4.63. The third-order valence-corrected chi connectivity index (χ3v) is 2.63. The molecule has 0 amide bonds. The van der Waals surface area contributed by atoms with Gasteiger partial charge in [-0.25, -0.2) is 4.98 Å². The number of aliphatic hydroxyl groups excluding tert-OH is 1. The Bertz CT molecular complexity index is 284. The van der Waals surface area contributed by atoms with Gasteiger partial charge in [-0.1, -0.05) is 0 Å². The number of nitrogens with zero attached hydrogens (tertiary/aromatic N) is 2. The van der Waals surface area contributed by atoms with E-state index in [0.717, 1.165) is 18.8 Å². The smallest absolute Gasteiger partial charge is 0.132 e. The van der Waals surface area contributed by atoms with Gasteiger partial charge in [-0.3, -0.25) is 0 Å². The van der Waals surface area contributed by atoms with Gasteiger partial charge in [0.2, 0.25) is 0 Å². The predicted octanol–water partition coefficient (Wildman–Crippen LogP) is 0.321. The maximum atomic E-state index is 8.84. The average Bonchev–Trinajstić information content (AvgIpc) is 2.71. The highest BCUT2D eigenvalue weighted by molar-refractivity contribution is 5.09. The standard InChI is InChI=1S/C9H15N3O/c1-12-3-2-7(5-12)8-4-10-9(6-13)11-8/h4,7,13H,2-3,5-6H2,1H3,(H,10,11). The molecule has 4 heteroatoms. The van der Waals surface area contributed by atoms with Gasteiger partial charge in [-0.05, 0) is 20.0 Å². The SMILES string of the molecule is CN1CCC(c2cnc(CO)[nH]2)C1. The number of likely N-dealkylation sites (tertiary alicyclic amines) is 1. The summed E-state index contributed by atoms with van der Waals surface area (Å²) < 4.78 is 0. The normalized spacial score (nSPS) is 24.0. The van der Waals surface area contributed by atoms with Gasteiger partial charge in [0.05, 0.1) is 0 Å². The van der Waals surface area contributed by atoms with Crippen molar-refractivity contribution in [3.63, 3.8) is 0 Å². The number of hydrogen-bond donors (Lipinski definition) is 2. The number of aromatic amines is 1. The fourth-order valence-electron chi connectivity index (χ4n) is 1.86. The van der Waals surface area contributed by atoms with Crippen molar-refractivity contribution in [1.82, 2.24) is 14.9 Å². The summed E-state index contributed by atoms with van der Waals surface area (Å²) in [7, 11) is 2.13. The van der Waals surface area contributed by atoms with Gasteiger partial charge < -0.3 is 15.0 Å². The first-order valence-electron chi connectivity index (χ1n) is 4.63. The van der Waals surface area contributed by atoms with E-state index < -0.39 is 0 Å². The molecule has 1 unspecified atom stereocenters. The molecule has 0 aromatic carbocycles. The number of aliphatic hydroxyl groups is 1. The third-order valence-electron chi connectivity index (χ3n) is 2.63. The average molecular weight is 181 g/mol. The van der Waals surface area contributed by atoms with E-state index in [1.807, 2.05) is 6.20 Å². The summed E-state index contributed by atoms with van der Waals surface area (Å²) >= 11 is 0. The first-order chi connectivity index (χ1) is 6.29. The predicted molar refractivity (Wildman–Crippen MR) is 49.4 cm³/mol. The second-order valence-electron chi connectivity index (χ2n) is 3.69. The van der Waals surface area contributed by atoms with Gasteiger partial charge in [0.25, 0.3) is 0 Å². The zero-order chi connectivity index (χ0) is 9.26. The van der Waals surface area contributed by atoms with E-state index in [1.54, 1.807) is 0 Å². The van der Waals surface area contributed by atoms with Crippen molar-refractivity contribution >= 4 is 0 Å². The van der Waals surface area contributed by atoms with Crippen molar-refractivity contribution in [2.75, 3.05) is 20.1 Å². The molecule has 0 bridgehead atoms. The molecule has 1 aliphatic heterocycles. The van der Waals surface area contributed by atoms with E-state index in [1.165, 1.54) is 6.42 Å². The summed E-state index contributed by atoms with van der Waals surface area (Å²) in [6.45, 7) is 2.24. The second kappa shape index (κ2) is 3.47. The Morgan fingerprint density at radius 2 is 2.62 bits per heavy atom. The lowest BCUT2D eigenvalue weighted by molar-refractivity contribution is 0.272. The zero-order valence-electron chi connectivity index (χ0n) is 7.82. The number of rotatable bonds is 2. The fraction of sp³-hybridized carbons (Fsp3) is 0.667. The fourth-order valence-corrected chi connectivity index (χ4v) is 1.86. The molecule has 1 atom stereocenters. The van der Waals surface area contributed by atoms with E-state index >= 15 is 0 Å². The molecule has 1 fully saturated rings. The van der Waals surface area contributed by atoms with Gasteiger partial charge in [0.15, 0.2) is 0 Å². The molecule has 0 saturated carbocycles. The van der Waals surface area contributed by atoms with Gasteiger partial charge in [0.1, 0.15) is 12.4 Å². The minimum atomic E-state index is 0.00254. The number of aromatic nitrogens is 2. The van der Waals surface area contributed by atoms with Gasteiger partial charge in [0, 0.05) is 24.4 Å². The third kappa shape index (κ3) is 1.73. The van der Waals surface area contributed by atoms with Crippen LogP contribution in [0.5, 0.6) is 0 Å². The van der Waals surface area contributed by atoms with Crippen LogP contribution in [0, 0.1) is 0 Å². The van der Waals surface area contributed by atoms with Crippen molar-refractivity contribution < 1.29 is 5.11 Å². The quantitative estimate of drug-likeness (QED) is 0.691. The lowest BCUT2D eigenvalue weighted by Crippen LogP contribution is -2.13. The minimum absolute atomic E-state index is 0.00254. The van der Waals surface area contributed by atoms with E-state index in [9.17, 15) is 0 Å². The molecule has 2 heterocycles. The number of likely N-dealkylation sites (N-methyl/N-ethyl adjacent to an activating group) is 1. The first kappa shape index (κ1) is 8.72. The molecule has 13 heavy (non-hydrogen) atoms.